The van der Waals surface area contributed by atoms with Crippen molar-refractivity contribution >= 4 is 17.4 Å². The lowest BCUT2D eigenvalue weighted by Gasteiger charge is -2.27. The van der Waals surface area contributed by atoms with Gasteiger partial charge in [0, 0.05) is 36.9 Å². The summed E-state index contributed by atoms with van der Waals surface area (Å²) in [4.78, 5) is 22.6. The Morgan fingerprint density at radius 3 is 2.37 bits per heavy atom. The third-order valence-electron chi connectivity index (χ3n) is 5.13. The van der Waals surface area contributed by atoms with Crippen molar-refractivity contribution in [2.75, 3.05) is 20.6 Å². The van der Waals surface area contributed by atoms with E-state index in [2.05, 4.69) is 57.8 Å². The highest BCUT2D eigenvalue weighted by Gasteiger charge is 2.19. The highest BCUT2D eigenvalue weighted by atomic mass is 32.1. The molecule has 1 aromatic carbocycles. The van der Waals surface area contributed by atoms with Crippen molar-refractivity contribution in [3.05, 3.63) is 87.9 Å². The van der Waals surface area contributed by atoms with E-state index in [0.29, 0.717) is 19.6 Å². The molecule has 158 valence electrons. The lowest BCUT2D eigenvalue weighted by Crippen LogP contribution is -2.42. The number of carbonyl (C=O) groups is 1. The lowest BCUT2D eigenvalue weighted by molar-refractivity contribution is 0.187. The first kappa shape index (κ1) is 22.0. The Labute approximate surface area is 183 Å². The average Bonchev–Trinajstić information content (AvgIpc) is 3.29. The number of likely N-dealkylation sites (N-methyl/N-ethyl adjacent to an activating group) is 1. The molecular formula is C24H30N4OS. The molecule has 0 aliphatic heterocycles. The van der Waals surface area contributed by atoms with Crippen molar-refractivity contribution in [3.63, 3.8) is 0 Å². The number of benzene rings is 1. The van der Waals surface area contributed by atoms with Crippen LogP contribution < -0.4 is 5.32 Å². The number of carbonyl (C=O) groups excluding carboxylic acids is 1. The summed E-state index contributed by atoms with van der Waals surface area (Å²) in [5.74, 6) is 0. The second kappa shape index (κ2) is 10.9. The Kier molecular flexibility index (Phi) is 7.99. The minimum atomic E-state index is -0.0678. The number of hydrogen-bond acceptors (Lipinski definition) is 4. The fourth-order valence-electron chi connectivity index (χ4n) is 3.33. The van der Waals surface area contributed by atoms with Gasteiger partial charge >= 0.3 is 6.03 Å². The van der Waals surface area contributed by atoms with Crippen LogP contribution in [0.4, 0.5) is 4.79 Å². The monoisotopic (exact) mass is 422 g/mol. The van der Waals surface area contributed by atoms with Crippen LogP contribution >= 0.6 is 11.3 Å². The summed E-state index contributed by atoms with van der Waals surface area (Å²) >= 11 is 1.71. The van der Waals surface area contributed by atoms with Gasteiger partial charge in [0.2, 0.25) is 0 Å². The first-order valence-corrected chi connectivity index (χ1v) is 11.1. The molecule has 3 aromatic rings. The first-order chi connectivity index (χ1) is 14.6. The zero-order chi connectivity index (χ0) is 21.3. The number of urea groups is 1. The van der Waals surface area contributed by atoms with Crippen molar-refractivity contribution in [3.8, 4) is 0 Å². The van der Waals surface area contributed by atoms with Crippen LogP contribution in [0, 0.1) is 0 Å². The van der Waals surface area contributed by atoms with Crippen molar-refractivity contribution in [2.45, 2.75) is 32.5 Å². The van der Waals surface area contributed by atoms with E-state index in [9.17, 15) is 4.79 Å². The van der Waals surface area contributed by atoms with E-state index in [0.717, 1.165) is 17.5 Å². The van der Waals surface area contributed by atoms with Crippen LogP contribution in [0.15, 0.2) is 66.3 Å². The van der Waals surface area contributed by atoms with Crippen LogP contribution in [0.25, 0.3) is 0 Å². The molecule has 1 unspecified atom stereocenters. The van der Waals surface area contributed by atoms with E-state index in [1.54, 1.807) is 17.5 Å². The predicted molar refractivity (Wildman–Crippen MR) is 123 cm³/mol. The van der Waals surface area contributed by atoms with Crippen LogP contribution in [0.1, 0.15) is 34.5 Å². The molecule has 0 saturated heterocycles. The molecule has 0 saturated carbocycles. The summed E-state index contributed by atoms with van der Waals surface area (Å²) in [5.41, 5.74) is 3.43. The summed E-state index contributed by atoms with van der Waals surface area (Å²) in [6, 6.07) is 16.6. The number of nitrogens with zero attached hydrogens (tertiary/aromatic N) is 3. The third-order valence-corrected chi connectivity index (χ3v) is 6.10. The van der Waals surface area contributed by atoms with Crippen LogP contribution in [0.5, 0.6) is 0 Å². The fourth-order valence-corrected chi connectivity index (χ4v) is 4.25. The van der Waals surface area contributed by atoms with Gasteiger partial charge in [-0.3, -0.25) is 4.98 Å². The molecule has 0 spiro atoms. The van der Waals surface area contributed by atoms with E-state index in [4.69, 9.17) is 0 Å². The van der Waals surface area contributed by atoms with Crippen molar-refractivity contribution in [1.29, 1.82) is 0 Å². The molecule has 0 fully saturated rings. The van der Waals surface area contributed by atoms with Gasteiger partial charge in [0.15, 0.2) is 0 Å². The van der Waals surface area contributed by atoms with Gasteiger partial charge < -0.3 is 15.1 Å². The average molecular weight is 423 g/mol. The topological polar surface area (TPSA) is 48.5 Å². The zero-order valence-corrected chi connectivity index (χ0v) is 18.7. The van der Waals surface area contributed by atoms with Gasteiger partial charge in [-0.05, 0) is 54.7 Å². The number of nitrogens with one attached hydrogen (secondary N) is 1. The zero-order valence-electron chi connectivity index (χ0n) is 17.9. The largest absolute Gasteiger partial charge is 0.336 e. The Balaban J connectivity index is 1.71. The maximum Gasteiger partial charge on any atom is 0.318 e. The van der Waals surface area contributed by atoms with E-state index in [1.165, 1.54) is 10.4 Å². The summed E-state index contributed by atoms with van der Waals surface area (Å²) in [5, 5.41) is 5.22. The van der Waals surface area contributed by atoms with Crippen molar-refractivity contribution in [2.24, 2.45) is 0 Å². The van der Waals surface area contributed by atoms with Gasteiger partial charge in [-0.1, -0.05) is 43.3 Å². The molecule has 0 radical (unpaired) electrons. The Morgan fingerprint density at radius 2 is 1.77 bits per heavy atom. The van der Waals surface area contributed by atoms with E-state index in [-0.39, 0.29) is 12.1 Å². The third kappa shape index (κ3) is 6.15. The molecule has 1 atom stereocenters. The van der Waals surface area contributed by atoms with E-state index in [1.807, 2.05) is 43.4 Å². The molecule has 2 heterocycles. The smallest absolute Gasteiger partial charge is 0.318 e. The summed E-state index contributed by atoms with van der Waals surface area (Å²) < 4.78 is 0. The quantitative estimate of drug-likeness (QED) is 0.543. The normalized spacial score (nSPS) is 12.0. The molecule has 2 amide bonds. The number of hydrogen-bond donors (Lipinski definition) is 1. The molecule has 30 heavy (non-hydrogen) atoms. The molecule has 5 nitrogen and oxygen atoms in total. The Bertz CT molecular complexity index is 895. The molecule has 2 aromatic heterocycles. The first-order valence-electron chi connectivity index (χ1n) is 10.3. The van der Waals surface area contributed by atoms with E-state index < -0.39 is 0 Å². The summed E-state index contributed by atoms with van der Waals surface area (Å²) in [6.45, 7) is 3.77. The van der Waals surface area contributed by atoms with Crippen LogP contribution in [-0.2, 0) is 19.5 Å². The second-order valence-electron chi connectivity index (χ2n) is 7.57. The summed E-state index contributed by atoms with van der Waals surface area (Å²) in [6.07, 6.45) is 4.57. The molecule has 0 bridgehead atoms. The molecule has 6 heteroatoms. The predicted octanol–water partition coefficient (Wildman–Crippen LogP) is 4.72. The van der Waals surface area contributed by atoms with Gasteiger partial charge in [-0.15, -0.1) is 11.3 Å². The number of thiophene rings is 1. The number of aromatic nitrogens is 1. The van der Waals surface area contributed by atoms with Gasteiger partial charge in [0.25, 0.3) is 0 Å². The van der Waals surface area contributed by atoms with Gasteiger partial charge in [0.1, 0.15) is 0 Å². The van der Waals surface area contributed by atoms with Crippen LogP contribution in [0.2, 0.25) is 0 Å². The molecule has 1 N–H and O–H groups in total. The Hall–Kier alpha value is -2.70. The van der Waals surface area contributed by atoms with Crippen LogP contribution in [-0.4, -0.2) is 41.5 Å². The minimum absolute atomic E-state index is 0.0678. The van der Waals surface area contributed by atoms with Gasteiger partial charge in [-0.25, -0.2) is 4.79 Å². The highest BCUT2D eigenvalue weighted by Crippen LogP contribution is 2.22. The van der Waals surface area contributed by atoms with Gasteiger partial charge in [0.05, 0.1) is 6.04 Å². The van der Waals surface area contributed by atoms with Crippen molar-refractivity contribution in [1.82, 2.24) is 20.1 Å². The Morgan fingerprint density at radius 1 is 1.03 bits per heavy atom. The van der Waals surface area contributed by atoms with Gasteiger partial charge in [-0.2, -0.15) is 0 Å². The molecular weight excluding hydrogens is 392 g/mol. The molecule has 0 aliphatic rings. The SMILES string of the molecule is CCc1ccc(CN(Cc2cccnc2)C(=O)NCC(c2cccs2)N(C)C)cc1. The standard InChI is InChI=1S/C24H30N4OS/c1-4-19-9-11-20(12-10-19)17-28(18-21-7-5-13-25-15-21)24(29)26-16-22(27(2)3)23-8-6-14-30-23/h5-15,22H,4,16-18H2,1-3H3,(H,26,29). The van der Waals surface area contributed by atoms with Crippen LogP contribution in [0.3, 0.4) is 0 Å². The number of amides is 2. The number of aryl methyl sites for hydroxylation is 1. The fraction of sp³-hybridized carbons (Fsp3) is 0.333. The lowest BCUT2D eigenvalue weighted by atomic mass is 10.1. The highest BCUT2D eigenvalue weighted by molar-refractivity contribution is 7.10. The maximum absolute atomic E-state index is 13.2. The van der Waals surface area contributed by atoms with Crippen molar-refractivity contribution < 1.29 is 4.79 Å². The maximum atomic E-state index is 13.2. The summed E-state index contributed by atoms with van der Waals surface area (Å²) in [7, 11) is 4.08. The minimum Gasteiger partial charge on any atom is -0.336 e. The number of pyridine rings is 1. The molecule has 3 rings (SSSR count). The molecule has 0 aliphatic carbocycles. The van der Waals surface area contributed by atoms with E-state index >= 15 is 0 Å². The number of rotatable bonds is 9. The second-order valence-corrected chi connectivity index (χ2v) is 8.55.